The molecule has 0 radical (unpaired) electrons. The molecule has 1 fully saturated rings. The maximum atomic E-state index is 12.8. The molecule has 128 valence electrons. The van der Waals surface area contributed by atoms with Crippen molar-refractivity contribution >= 4 is 15.9 Å². The van der Waals surface area contributed by atoms with Crippen molar-refractivity contribution in [3.63, 3.8) is 0 Å². The summed E-state index contributed by atoms with van der Waals surface area (Å²) in [7, 11) is -3.60. The molecule has 1 aliphatic heterocycles. The summed E-state index contributed by atoms with van der Waals surface area (Å²) in [5.41, 5.74) is 6.75. The number of aryl methyl sites for hydroxylation is 1. The molecule has 2 aromatic rings. The summed E-state index contributed by atoms with van der Waals surface area (Å²) in [6.07, 6.45) is 2.36. The Morgan fingerprint density at radius 1 is 1.29 bits per heavy atom. The normalized spacial score (nSPS) is 17.0. The summed E-state index contributed by atoms with van der Waals surface area (Å²) >= 11 is 0. The van der Waals surface area contributed by atoms with Crippen LogP contribution < -0.4 is 5.73 Å². The minimum absolute atomic E-state index is 0.217. The van der Waals surface area contributed by atoms with E-state index in [0.29, 0.717) is 31.6 Å². The lowest BCUT2D eigenvalue weighted by atomic mass is 9.98. The van der Waals surface area contributed by atoms with E-state index in [1.807, 2.05) is 0 Å². The first-order valence-corrected chi connectivity index (χ1v) is 8.97. The summed E-state index contributed by atoms with van der Waals surface area (Å²) in [4.78, 5) is 11.4. The van der Waals surface area contributed by atoms with Crippen molar-refractivity contribution in [3.8, 4) is 5.69 Å². The zero-order valence-corrected chi connectivity index (χ0v) is 14.0. The number of piperidine rings is 1. The Balaban J connectivity index is 1.83. The van der Waals surface area contributed by atoms with Gasteiger partial charge in [0.05, 0.1) is 10.6 Å². The average Bonchev–Trinajstić information content (AvgIpc) is 3.09. The summed E-state index contributed by atoms with van der Waals surface area (Å²) in [6.45, 7) is 2.39. The number of tetrazole rings is 1. The number of carbonyl (C=O) groups excluding carboxylic acids is 1. The largest absolute Gasteiger partial charge is 0.369 e. The van der Waals surface area contributed by atoms with E-state index in [9.17, 15) is 13.2 Å². The van der Waals surface area contributed by atoms with Gasteiger partial charge < -0.3 is 5.73 Å². The molecule has 24 heavy (non-hydrogen) atoms. The first-order valence-electron chi connectivity index (χ1n) is 7.53. The standard InChI is InChI=1S/C14H18N6O3S/c1-10-8-12(2-3-13(10)20-9-16-17-18-20)24(22,23)19-6-4-11(5-7-19)14(15)21/h2-3,8-9,11H,4-7H2,1H3,(H2,15,21). The van der Waals surface area contributed by atoms with E-state index in [-0.39, 0.29) is 16.7 Å². The number of hydrogen-bond donors (Lipinski definition) is 1. The summed E-state index contributed by atoms with van der Waals surface area (Å²) in [5.74, 6) is -0.617. The van der Waals surface area contributed by atoms with Gasteiger partial charge in [0.15, 0.2) is 0 Å². The number of rotatable bonds is 4. The summed E-state index contributed by atoms with van der Waals surface area (Å²) in [6, 6.07) is 4.82. The van der Waals surface area contributed by atoms with E-state index >= 15 is 0 Å². The van der Waals surface area contributed by atoms with Crippen molar-refractivity contribution < 1.29 is 13.2 Å². The molecule has 0 bridgehead atoms. The lowest BCUT2D eigenvalue weighted by Crippen LogP contribution is -2.41. The molecular weight excluding hydrogens is 332 g/mol. The van der Waals surface area contributed by atoms with Crippen LogP contribution in [0, 0.1) is 12.8 Å². The van der Waals surface area contributed by atoms with Crippen molar-refractivity contribution in [2.75, 3.05) is 13.1 Å². The molecule has 1 aromatic carbocycles. The number of nitrogens with two attached hydrogens (primary N) is 1. The van der Waals surface area contributed by atoms with E-state index in [2.05, 4.69) is 15.5 Å². The number of aromatic nitrogens is 4. The highest BCUT2D eigenvalue weighted by Gasteiger charge is 2.31. The second kappa shape index (κ2) is 6.29. The van der Waals surface area contributed by atoms with Gasteiger partial charge in [0.2, 0.25) is 15.9 Å². The Bertz CT molecular complexity index is 841. The van der Waals surface area contributed by atoms with Crippen LogP contribution in [0.1, 0.15) is 18.4 Å². The third kappa shape index (κ3) is 3.02. The fourth-order valence-corrected chi connectivity index (χ4v) is 4.40. The minimum Gasteiger partial charge on any atom is -0.369 e. The maximum Gasteiger partial charge on any atom is 0.243 e. The summed E-state index contributed by atoms with van der Waals surface area (Å²) in [5, 5.41) is 11.0. The van der Waals surface area contributed by atoms with E-state index in [1.165, 1.54) is 15.3 Å². The molecule has 9 nitrogen and oxygen atoms in total. The number of primary amides is 1. The Labute approximate surface area is 139 Å². The zero-order valence-electron chi connectivity index (χ0n) is 13.2. The predicted molar refractivity (Wildman–Crippen MR) is 84.6 cm³/mol. The third-order valence-electron chi connectivity index (χ3n) is 4.26. The van der Waals surface area contributed by atoms with Gasteiger partial charge in [-0.3, -0.25) is 4.79 Å². The number of carbonyl (C=O) groups is 1. The fourth-order valence-electron chi connectivity index (χ4n) is 2.85. The van der Waals surface area contributed by atoms with Crippen molar-refractivity contribution in [2.24, 2.45) is 11.7 Å². The van der Waals surface area contributed by atoms with E-state index < -0.39 is 10.0 Å². The van der Waals surface area contributed by atoms with Crippen LogP contribution >= 0.6 is 0 Å². The van der Waals surface area contributed by atoms with Crippen LogP contribution in [0.2, 0.25) is 0 Å². The van der Waals surface area contributed by atoms with Crippen LogP contribution in [0.4, 0.5) is 0 Å². The highest BCUT2D eigenvalue weighted by molar-refractivity contribution is 7.89. The van der Waals surface area contributed by atoms with Crippen molar-refractivity contribution in [1.29, 1.82) is 0 Å². The molecule has 1 saturated heterocycles. The van der Waals surface area contributed by atoms with Gasteiger partial charge in [-0.2, -0.15) is 4.31 Å². The monoisotopic (exact) mass is 350 g/mol. The number of nitrogens with zero attached hydrogens (tertiary/aromatic N) is 5. The van der Waals surface area contributed by atoms with Crippen LogP contribution in [0.3, 0.4) is 0 Å². The molecule has 2 heterocycles. The smallest absolute Gasteiger partial charge is 0.243 e. The van der Waals surface area contributed by atoms with E-state index in [1.54, 1.807) is 25.1 Å². The minimum atomic E-state index is -3.60. The molecule has 1 amide bonds. The third-order valence-corrected chi connectivity index (χ3v) is 6.15. The first-order chi connectivity index (χ1) is 11.4. The van der Waals surface area contributed by atoms with E-state index in [0.717, 1.165) is 5.56 Å². The van der Waals surface area contributed by atoms with Crippen molar-refractivity contribution in [1.82, 2.24) is 24.5 Å². The molecule has 10 heteroatoms. The number of amides is 1. The average molecular weight is 350 g/mol. The maximum absolute atomic E-state index is 12.8. The second-order valence-corrected chi connectivity index (χ2v) is 7.72. The fraction of sp³-hybridized carbons (Fsp3) is 0.429. The molecule has 0 aliphatic carbocycles. The van der Waals surface area contributed by atoms with Crippen molar-refractivity contribution in [2.45, 2.75) is 24.7 Å². The van der Waals surface area contributed by atoms with E-state index in [4.69, 9.17) is 5.73 Å². The van der Waals surface area contributed by atoms with Gasteiger partial charge in [-0.1, -0.05) is 0 Å². The molecule has 1 aromatic heterocycles. The van der Waals surface area contributed by atoms with Gasteiger partial charge in [-0.05, 0) is 54.0 Å². The lowest BCUT2D eigenvalue weighted by Gasteiger charge is -2.29. The molecular formula is C14H18N6O3S. The number of benzene rings is 1. The molecule has 0 spiro atoms. The van der Waals surface area contributed by atoms with Gasteiger partial charge in [0.25, 0.3) is 0 Å². The van der Waals surface area contributed by atoms with Gasteiger partial charge >= 0.3 is 0 Å². The Kier molecular flexibility index (Phi) is 4.33. The predicted octanol–water partition coefficient (Wildman–Crippen LogP) is -0.143. The topological polar surface area (TPSA) is 124 Å². The molecule has 3 rings (SSSR count). The van der Waals surface area contributed by atoms with Crippen LogP contribution in [-0.4, -0.2) is 51.9 Å². The highest BCUT2D eigenvalue weighted by Crippen LogP contribution is 2.25. The number of sulfonamides is 1. The quantitative estimate of drug-likeness (QED) is 0.818. The number of hydrogen-bond acceptors (Lipinski definition) is 6. The zero-order chi connectivity index (χ0) is 17.3. The second-order valence-electron chi connectivity index (χ2n) is 5.78. The van der Waals surface area contributed by atoms with Crippen LogP contribution in [0.5, 0.6) is 0 Å². The van der Waals surface area contributed by atoms with Gasteiger partial charge in [0, 0.05) is 19.0 Å². The van der Waals surface area contributed by atoms with Gasteiger partial charge in [-0.15, -0.1) is 5.10 Å². The molecule has 2 N–H and O–H groups in total. The molecule has 0 unspecified atom stereocenters. The highest BCUT2D eigenvalue weighted by atomic mass is 32.2. The Morgan fingerprint density at radius 3 is 2.54 bits per heavy atom. The van der Waals surface area contributed by atoms with Gasteiger partial charge in [0.1, 0.15) is 6.33 Å². The Morgan fingerprint density at radius 2 is 2.00 bits per heavy atom. The summed E-state index contributed by atoms with van der Waals surface area (Å²) < 4.78 is 28.4. The molecule has 1 aliphatic rings. The van der Waals surface area contributed by atoms with Crippen LogP contribution in [0.15, 0.2) is 29.4 Å². The lowest BCUT2D eigenvalue weighted by molar-refractivity contribution is -0.122. The SMILES string of the molecule is Cc1cc(S(=O)(=O)N2CCC(C(N)=O)CC2)ccc1-n1cnnn1. The molecule has 0 saturated carbocycles. The van der Waals surface area contributed by atoms with Crippen LogP contribution in [-0.2, 0) is 14.8 Å². The molecule has 0 atom stereocenters. The Hall–Kier alpha value is -2.33. The van der Waals surface area contributed by atoms with Crippen LogP contribution in [0.25, 0.3) is 5.69 Å². The first kappa shape index (κ1) is 16.5. The van der Waals surface area contributed by atoms with Crippen molar-refractivity contribution in [3.05, 3.63) is 30.1 Å². The van der Waals surface area contributed by atoms with Gasteiger partial charge in [-0.25, -0.2) is 13.1 Å².